The molecule has 1 aromatic carbocycles. The molecule has 2 N–H and O–H groups in total. The fourth-order valence-electron chi connectivity index (χ4n) is 4.15. The molecule has 0 amide bonds. The third-order valence-electron chi connectivity index (χ3n) is 6.33. The van der Waals surface area contributed by atoms with Gasteiger partial charge in [0.15, 0.2) is 22.6 Å². The van der Waals surface area contributed by atoms with Gasteiger partial charge in [0, 0.05) is 62.3 Å². The summed E-state index contributed by atoms with van der Waals surface area (Å²) in [5.41, 5.74) is 1.16. The molecule has 10 nitrogen and oxygen atoms in total. The highest BCUT2D eigenvalue weighted by molar-refractivity contribution is 7.99. The van der Waals surface area contributed by atoms with Crippen LogP contribution >= 0.6 is 11.8 Å². The Morgan fingerprint density at radius 1 is 1.15 bits per heavy atom. The summed E-state index contributed by atoms with van der Waals surface area (Å²) in [5.74, 6) is 0.386. The monoisotopic (exact) mass is 578 g/mol. The van der Waals surface area contributed by atoms with Crippen LogP contribution in [0, 0.1) is 6.92 Å². The summed E-state index contributed by atoms with van der Waals surface area (Å²) in [6, 6.07) is 8.18. The standard InChI is InChI=1S/C26H33F3N8O2S/c1-17-15-21(34-33-17)30-23-22(39-4)24(37-13-11-36(12-14-37)10-9-35(2)3)32-25(31-23)40-19-7-5-18(6-8-19)16-20(38)26(27,28)29/h5-8,15H,9-14,16H2,1-4H3,(H2,30,31,32,33,34). The molecule has 40 heavy (non-hydrogen) atoms. The maximum absolute atomic E-state index is 12.6. The normalized spacial score (nSPS) is 14.6. The highest BCUT2D eigenvalue weighted by Crippen LogP contribution is 2.38. The van der Waals surface area contributed by atoms with Gasteiger partial charge < -0.3 is 19.9 Å². The van der Waals surface area contributed by atoms with E-state index in [4.69, 9.17) is 9.72 Å². The number of rotatable bonds is 11. The first-order valence-electron chi connectivity index (χ1n) is 12.8. The maximum atomic E-state index is 12.6. The van der Waals surface area contributed by atoms with E-state index in [2.05, 4.69) is 49.3 Å². The average molecular weight is 579 g/mol. The van der Waals surface area contributed by atoms with Gasteiger partial charge in [-0.1, -0.05) is 12.1 Å². The minimum absolute atomic E-state index is 0.284. The summed E-state index contributed by atoms with van der Waals surface area (Å²) >= 11 is 1.26. The van der Waals surface area contributed by atoms with E-state index in [-0.39, 0.29) is 5.56 Å². The van der Waals surface area contributed by atoms with E-state index in [1.807, 2.05) is 13.0 Å². The van der Waals surface area contributed by atoms with Gasteiger partial charge >= 0.3 is 6.18 Å². The van der Waals surface area contributed by atoms with Crippen molar-refractivity contribution in [2.75, 3.05) is 70.7 Å². The van der Waals surface area contributed by atoms with E-state index >= 15 is 0 Å². The van der Waals surface area contributed by atoms with Crippen LogP contribution in [-0.4, -0.2) is 102 Å². The van der Waals surface area contributed by atoms with Crippen LogP contribution in [0.1, 0.15) is 11.3 Å². The molecule has 1 aliphatic rings. The Morgan fingerprint density at radius 3 is 2.42 bits per heavy atom. The van der Waals surface area contributed by atoms with Crippen LogP contribution < -0.4 is 15.0 Å². The molecule has 0 atom stereocenters. The fraction of sp³-hybridized carbons (Fsp3) is 0.462. The van der Waals surface area contributed by atoms with Crippen molar-refractivity contribution < 1.29 is 22.7 Å². The molecule has 1 aliphatic heterocycles. The zero-order valence-electron chi connectivity index (χ0n) is 22.9. The Hall–Kier alpha value is -3.36. The van der Waals surface area contributed by atoms with E-state index in [0.717, 1.165) is 49.9 Å². The zero-order chi connectivity index (χ0) is 28.9. The lowest BCUT2D eigenvalue weighted by molar-refractivity contribution is -0.170. The molecule has 216 valence electrons. The Morgan fingerprint density at radius 2 is 1.85 bits per heavy atom. The average Bonchev–Trinajstić information content (AvgIpc) is 3.32. The molecule has 3 aromatic rings. The summed E-state index contributed by atoms with van der Waals surface area (Å²) in [6.45, 7) is 7.13. The summed E-state index contributed by atoms with van der Waals surface area (Å²) in [5, 5.41) is 10.8. The topological polar surface area (TPSA) is 103 Å². The highest BCUT2D eigenvalue weighted by Gasteiger charge is 2.37. The Bertz CT molecular complexity index is 1290. The van der Waals surface area contributed by atoms with Crippen LogP contribution in [0.3, 0.4) is 0 Å². The lowest BCUT2D eigenvalue weighted by atomic mass is 10.1. The second-order valence-corrected chi connectivity index (χ2v) is 10.8. The zero-order valence-corrected chi connectivity index (χ0v) is 23.7. The van der Waals surface area contributed by atoms with Gasteiger partial charge in [-0.15, -0.1) is 0 Å². The first-order valence-corrected chi connectivity index (χ1v) is 13.6. The number of nitrogens with one attached hydrogen (secondary N) is 2. The first-order chi connectivity index (χ1) is 19.0. The van der Waals surface area contributed by atoms with Crippen molar-refractivity contribution in [2.24, 2.45) is 0 Å². The smallest absolute Gasteiger partial charge is 0.450 e. The molecule has 0 saturated carbocycles. The largest absolute Gasteiger partial charge is 0.490 e. The number of likely N-dealkylation sites (N-methyl/N-ethyl adjacent to an activating group) is 1. The van der Waals surface area contributed by atoms with E-state index in [0.29, 0.717) is 28.4 Å². The molecule has 1 saturated heterocycles. The maximum Gasteiger partial charge on any atom is 0.450 e. The molecule has 0 unspecified atom stereocenters. The van der Waals surface area contributed by atoms with Crippen LogP contribution in [-0.2, 0) is 11.2 Å². The fourth-order valence-corrected chi connectivity index (χ4v) is 4.90. The molecule has 2 aromatic heterocycles. The van der Waals surface area contributed by atoms with Gasteiger partial charge in [-0.3, -0.25) is 14.8 Å². The number of aromatic nitrogens is 4. The summed E-state index contributed by atoms with van der Waals surface area (Å²) in [7, 11) is 5.70. The molecular formula is C26H33F3N8O2S. The van der Waals surface area contributed by atoms with Crippen molar-refractivity contribution in [1.29, 1.82) is 0 Å². The number of carbonyl (C=O) groups is 1. The number of alkyl halides is 3. The number of Topliss-reactive ketones (excluding diaryl/α,β-unsaturated/α-hetero) is 1. The van der Waals surface area contributed by atoms with E-state index in [1.54, 1.807) is 19.2 Å². The minimum atomic E-state index is -4.85. The molecule has 0 aliphatic carbocycles. The molecule has 3 heterocycles. The molecule has 1 fully saturated rings. The summed E-state index contributed by atoms with van der Waals surface area (Å²) in [6.07, 6.45) is -5.55. The number of hydrogen-bond acceptors (Lipinski definition) is 10. The second-order valence-electron chi connectivity index (χ2n) is 9.75. The van der Waals surface area contributed by atoms with Gasteiger partial charge in [-0.25, -0.2) is 9.97 Å². The van der Waals surface area contributed by atoms with Crippen LogP contribution in [0.25, 0.3) is 0 Å². The number of piperazine rings is 1. The third kappa shape index (κ3) is 7.86. The van der Waals surface area contributed by atoms with Gasteiger partial charge in [0.25, 0.3) is 0 Å². The highest BCUT2D eigenvalue weighted by atomic mass is 32.2. The number of carbonyl (C=O) groups excluding carboxylic acids is 1. The van der Waals surface area contributed by atoms with Gasteiger partial charge in [0.2, 0.25) is 11.5 Å². The number of hydrogen-bond donors (Lipinski definition) is 2. The number of H-pyrrole nitrogens is 1. The lowest BCUT2D eigenvalue weighted by Gasteiger charge is -2.36. The molecule has 4 rings (SSSR count). The van der Waals surface area contributed by atoms with Crippen LogP contribution in [0.2, 0.25) is 0 Å². The number of anilines is 3. The van der Waals surface area contributed by atoms with Crippen molar-refractivity contribution in [1.82, 2.24) is 30.0 Å². The molecule has 0 radical (unpaired) electrons. The van der Waals surface area contributed by atoms with Crippen molar-refractivity contribution in [3.8, 4) is 5.75 Å². The summed E-state index contributed by atoms with van der Waals surface area (Å²) < 4.78 is 43.7. The van der Waals surface area contributed by atoms with Crippen LogP contribution in [0.15, 0.2) is 40.4 Å². The van der Waals surface area contributed by atoms with Crippen molar-refractivity contribution in [2.45, 2.75) is 29.6 Å². The number of benzene rings is 1. The Balaban J connectivity index is 1.58. The van der Waals surface area contributed by atoms with Crippen molar-refractivity contribution in [3.63, 3.8) is 0 Å². The number of aromatic amines is 1. The number of aryl methyl sites for hydroxylation is 1. The van der Waals surface area contributed by atoms with Gasteiger partial charge in [0.1, 0.15) is 0 Å². The molecule has 14 heteroatoms. The van der Waals surface area contributed by atoms with Crippen molar-refractivity contribution >= 4 is 35.0 Å². The number of methoxy groups -OCH3 is 1. The Labute approximate surface area is 235 Å². The number of ether oxygens (including phenoxy) is 1. The number of nitrogens with zero attached hydrogens (tertiary/aromatic N) is 6. The van der Waals surface area contributed by atoms with Gasteiger partial charge in [-0.05, 0) is 50.5 Å². The SMILES string of the molecule is COc1c(Nc2cc(C)[nH]n2)nc(Sc2ccc(CC(=O)C(F)(F)F)cc2)nc1N1CCN(CCN(C)C)CC1. The third-order valence-corrected chi connectivity index (χ3v) is 7.21. The van der Waals surface area contributed by atoms with E-state index in [1.165, 1.54) is 23.9 Å². The lowest BCUT2D eigenvalue weighted by Crippen LogP contribution is -2.48. The van der Waals surface area contributed by atoms with Gasteiger partial charge in [0.05, 0.1) is 7.11 Å². The van der Waals surface area contributed by atoms with Crippen molar-refractivity contribution in [3.05, 3.63) is 41.6 Å². The van der Waals surface area contributed by atoms with Crippen LogP contribution in [0.5, 0.6) is 5.75 Å². The van der Waals surface area contributed by atoms with Crippen LogP contribution in [0.4, 0.5) is 30.6 Å². The van der Waals surface area contributed by atoms with E-state index < -0.39 is 18.4 Å². The molecular weight excluding hydrogens is 545 g/mol. The minimum Gasteiger partial charge on any atom is -0.490 e. The van der Waals surface area contributed by atoms with E-state index in [9.17, 15) is 18.0 Å². The van der Waals surface area contributed by atoms with Gasteiger partial charge in [-0.2, -0.15) is 18.3 Å². The summed E-state index contributed by atoms with van der Waals surface area (Å²) in [4.78, 5) is 28.3. The first kappa shape index (κ1) is 29.6. The predicted molar refractivity (Wildman–Crippen MR) is 148 cm³/mol. The Kier molecular flexibility index (Phi) is 9.53. The number of ketones is 1. The second kappa shape index (κ2) is 12.9. The predicted octanol–water partition coefficient (Wildman–Crippen LogP) is 3.77. The number of halogens is 3. The molecule has 0 spiro atoms. The molecule has 0 bridgehead atoms. The quantitative estimate of drug-likeness (QED) is 0.327.